The van der Waals surface area contributed by atoms with Gasteiger partial charge >= 0.3 is 0 Å². The average molecular weight is 381 g/mol. The third kappa shape index (κ3) is 3.93. The molecular formula is C21H23N3O4. The van der Waals surface area contributed by atoms with Crippen LogP contribution in [0.4, 0.5) is 11.4 Å². The molecule has 146 valence electrons. The number of carbonyl (C=O) groups is 1. The monoisotopic (exact) mass is 381 g/mol. The normalized spacial score (nSPS) is 11.5. The summed E-state index contributed by atoms with van der Waals surface area (Å²) in [6.45, 7) is 5.87. The maximum absolute atomic E-state index is 12.7. The second-order valence-corrected chi connectivity index (χ2v) is 6.15. The molecule has 0 spiro atoms. The molecule has 0 aliphatic carbocycles. The Bertz CT molecular complexity index is 1050. The molecule has 0 fully saturated rings. The zero-order chi connectivity index (χ0) is 20.1. The Kier molecular flexibility index (Phi) is 5.84. The van der Waals surface area contributed by atoms with E-state index in [-0.39, 0.29) is 11.1 Å². The van der Waals surface area contributed by atoms with Crippen LogP contribution in [-0.4, -0.2) is 31.3 Å². The number of hydrogen-bond donors (Lipinski definition) is 2. The molecule has 0 saturated heterocycles. The predicted octanol–water partition coefficient (Wildman–Crippen LogP) is 3.83. The van der Waals surface area contributed by atoms with Crippen LogP contribution in [0.1, 0.15) is 24.2 Å². The quantitative estimate of drug-likeness (QED) is 0.500. The van der Waals surface area contributed by atoms with Crippen molar-refractivity contribution < 1.29 is 19.2 Å². The lowest BCUT2D eigenvalue weighted by Crippen LogP contribution is -2.22. The number of carbonyl (C=O) groups excluding carboxylic acids is 1. The number of nitrogens with zero attached hydrogens (tertiary/aromatic N) is 2. The van der Waals surface area contributed by atoms with Crippen LogP contribution in [0.25, 0.3) is 11.0 Å². The minimum Gasteiger partial charge on any atom is -0.497 e. The number of anilines is 2. The number of nitrogens with one attached hydrogen (secondary N) is 1. The Morgan fingerprint density at radius 3 is 2.64 bits per heavy atom. The lowest BCUT2D eigenvalue weighted by molar-refractivity contribution is 0.102. The molecule has 3 aromatic rings. The average Bonchev–Trinajstić information content (AvgIpc) is 2.73. The van der Waals surface area contributed by atoms with E-state index in [1.165, 1.54) is 0 Å². The van der Waals surface area contributed by atoms with Crippen molar-refractivity contribution in [2.45, 2.75) is 13.8 Å². The van der Waals surface area contributed by atoms with Crippen LogP contribution >= 0.6 is 0 Å². The predicted molar refractivity (Wildman–Crippen MR) is 108 cm³/mol. The fourth-order valence-corrected chi connectivity index (χ4v) is 3.03. The fraction of sp³-hybridized carbons (Fsp3) is 0.238. The van der Waals surface area contributed by atoms with Crippen LogP contribution in [0.3, 0.4) is 0 Å². The molecule has 7 heteroatoms. The van der Waals surface area contributed by atoms with Crippen LogP contribution in [0.5, 0.6) is 5.75 Å². The molecule has 0 aliphatic rings. The van der Waals surface area contributed by atoms with Gasteiger partial charge in [-0.3, -0.25) is 4.79 Å². The van der Waals surface area contributed by atoms with Crippen LogP contribution in [0.2, 0.25) is 0 Å². The lowest BCUT2D eigenvalue weighted by Gasteiger charge is -2.21. The van der Waals surface area contributed by atoms with E-state index in [1.807, 2.05) is 18.2 Å². The molecule has 0 radical (unpaired) electrons. The first-order valence-corrected chi connectivity index (χ1v) is 9.06. The van der Waals surface area contributed by atoms with Crippen molar-refractivity contribution >= 4 is 28.3 Å². The minimum absolute atomic E-state index is 0.133. The number of amides is 1. The molecule has 7 nitrogen and oxygen atoms in total. The number of fused-ring (bicyclic) bond motifs is 1. The molecule has 2 aromatic carbocycles. The van der Waals surface area contributed by atoms with Gasteiger partial charge in [-0.2, -0.15) is 0 Å². The third-order valence-electron chi connectivity index (χ3n) is 4.53. The highest BCUT2D eigenvalue weighted by Gasteiger charge is 2.14. The molecule has 1 amide bonds. The van der Waals surface area contributed by atoms with Crippen molar-refractivity contribution in [3.05, 3.63) is 59.6 Å². The standard InChI is InChI=1S/C21H23N3O4/c1-4-24(5-2)16-10-9-14-11-18(21(23-26)28-19(14)13-16)20(25)22-15-7-6-8-17(12-15)27-3/h6-13,26H,4-5H2,1-3H3,(H,22,25)/b23-21+. The van der Waals surface area contributed by atoms with Crippen LogP contribution in [0.15, 0.2) is 58.1 Å². The van der Waals surface area contributed by atoms with E-state index < -0.39 is 5.91 Å². The third-order valence-corrected chi connectivity index (χ3v) is 4.53. The summed E-state index contributed by atoms with van der Waals surface area (Å²) >= 11 is 0. The number of hydrogen-bond acceptors (Lipinski definition) is 6. The van der Waals surface area contributed by atoms with E-state index in [4.69, 9.17) is 9.15 Å². The first kappa shape index (κ1) is 19.3. The van der Waals surface area contributed by atoms with Gasteiger partial charge in [0, 0.05) is 42.0 Å². The Morgan fingerprint density at radius 2 is 1.96 bits per heavy atom. The fourth-order valence-electron chi connectivity index (χ4n) is 3.03. The van der Waals surface area contributed by atoms with Gasteiger partial charge in [0.2, 0.25) is 0 Å². The first-order chi connectivity index (χ1) is 13.6. The summed E-state index contributed by atoms with van der Waals surface area (Å²) < 4.78 is 10.9. The molecular weight excluding hydrogens is 358 g/mol. The SMILES string of the molecule is CCN(CC)c1ccc2cc(C(=O)Nc3cccc(OC)c3)/c(=N\O)oc2c1. The summed E-state index contributed by atoms with van der Waals surface area (Å²) in [7, 11) is 1.55. The van der Waals surface area contributed by atoms with Crippen molar-refractivity contribution in [1.29, 1.82) is 0 Å². The van der Waals surface area contributed by atoms with Crippen molar-refractivity contribution in [3.63, 3.8) is 0 Å². The summed E-state index contributed by atoms with van der Waals surface area (Å²) in [6, 6.07) is 14.4. The number of rotatable bonds is 6. The summed E-state index contributed by atoms with van der Waals surface area (Å²) in [5.74, 6) is 0.177. The molecule has 0 atom stereocenters. The molecule has 28 heavy (non-hydrogen) atoms. The maximum atomic E-state index is 12.7. The van der Waals surface area contributed by atoms with Crippen molar-refractivity contribution in [1.82, 2.24) is 0 Å². The largest absolute Gasteiger partial charge is 0.497 e. The van der Waals surface area contributed by atoms with Gasteiger partial charge in [-0.1, -0.05) is 6.07 Å². The maximum Gasteiger partial charge on any atom is 0.268 e. The van der Waals surface area contributed by atoms with Crippen molar-refractivity contribution in [3.8, 4) is 5.75 Å². The highest BCUT2D eigenvalue weighted by molar-refractivity contribution is 6.05. The zero-order valence-corrected chi connectivity index (χ0v) is 16.1. The summed E-state index contributed by atoms with van der Waals surface area (Å²) in [5, 5.41) is 16.0. The van der Waals surface area contributed by atoms with E-state index in [0.717, 1.165) is 24.2 Å². The molecule has 1 heterocycles. The highest BCUT2D eigenvalue weighted by atomic mass is 16.5. The Morgan fingerprint density at radius 1 is 1.18 bits per heavy atom. The highest BCUT2D eigenvalue weighted by Crippen LogP contribution is 2.23. The van der Waals surface area contributed by atoms with E-state index >= 15 is 0 Å². The number of benzene rings is 2. The lowest BCUT2D eigenvalue weighted by atomic mass is 10.1. The second kappa shape index (κ2) is 8.47. The summed E-state index contributed by atoms with van der Waals surface area (Å²) in [4.78, 5) is 14.9. The van der Waals surface area contributed by atoms with Crippen LogP contribution in [-0.2, 0) is 0 Å². The van der Waals surface area contributed by atoms with Crippen molar-refractivity contribution in [2.75, 3.05) is 30.4 Å². The van der Waals surface area contributed by atoms with Gasteiger partial charge in [-0.15, -0.1) is 0 Å². The number of methoxy groups -OCH3 is 1. The second-order valence-electron chi connectivity index (χ2n) is 6.15. The molecule has 0 saturated carbocycles. The molecule has 3 rings (SSSR count). The molecule has 2 N–H and O–H groups in total. The summed E-state index contributed by atoms with van der Waals surface area (Å²) in [5.41, 5.74) is 2.08. The van der Waals surface area contributed by atoms with Gasteiger partial charge in [0.05, 0.1) is 7.11 Å². The number of ether oxygens (including phenoxy) is 1. The van der Waals surface area contributed by atoms with Gasteiger partial charge in [-0.25, -0.2) is 0 Å². The Balaban J connectivity index is 1.98. The Hall–Kier alpha value is -3.48. The molecule has 0 aliphatic heterocycles. The van der Waals surface area contributed by atoms with Crippen molar-refractivity contribution in [2.24, 2.45) is 5.16 Å². The van der Waals surface area contributed by atoms with E-state index in [1.54, 1.807) is 37.4 Å². The van der Waals surface area contributed by atoms with E-state index in [9.17, 15) is 10.0 Å². The van der Waals surface area contributed by atoms with Gasteiger partial charge in [0.25, 0.3) is 11.5 Å². The van der Waals surface area contributed by atoms with Crippen LogP contribution < -0.4 is 20.5 Å². The molecule has 0 bridgehead atoms. The van der Waals surface area contributed by atoms with Gasteiger partial charge in [0.1, 0.15) is 16.9 Å². The van der Waals surface area contributed by atoms with Gasteiger partial charge in [0.15, 0.2) is 0 Å². The van der Waals surface area contributed by atoms with E-state index in [2.05, 4.69) is 29.2 Å². The van der Waals surface area contributed by atoms with E-state index in [0.29, 0.717) is 17.0 Å². The zero-order valence-electron chi connectivity index (χ0n) is 16.1. The van der Waals surface area contributed by atoms with Gasteiger partial charge < -0.3 is 24.6 Å². The van der Waals surface area contributed by atoms with Gasteiger partial charge in [-0.05, 0) is 49.3 Å². The van der Waals surface area contributed by atoms with Crippen LogP contribution in [0, 0.1) is 0 Å². The Labute approximate surface area is 162 Å². The molecule has 0 unspecified atom stereocenters. The summed E-state index contributed by atoms with van der Waals surface area (Å²) in [6.07, 6.45) is 0. The first-order valence-electron chi connectivity index (χ1n) is 9.06. The smallest absolute Gasteiger partial charge is 0.268 e. The molecule has 1 aromatic heterocycles. The minimum atomic E-state index is -0.445. The topological polar surface area (TPSA) is 87.3 Å².